The lowest BCUT2D eigenvalue weighted by molar-refractivity contribution is 0.0773. The topological polar surface area (TPSA) is 20.3 Å². The summed E-state index contributed by atoms with van der Waals surface area (Å²) in [6.45, 7) is 7.26. The molecule has 0 aliphatic carbocycles. The molecule has 0 radical (unpaired) electrons. The molecule has 1 amide bonds. The lowest BCUT2D eigenvalue weighted by Crippen LogP contribution is -2.33. The average Bonchev–Trinajstić information content (AvgIpc) is 2.29. The molecule has 0 fully saturated rings. The zero-order valence-electron chi connectivity index (χ0n) is 10.1. The minimum absolute atomic E-state index is 0.0735. The maximum Gasteiger partial charge on any atom is 0.254 e. The number of alkyl halides is 1. The Labute approximate surface area is 102 Å². The van der Waals surface area contributed by atoms with E-state index in [4.69, 9.17) is 11.6 Å². The molecule has 0 saturated carbocycles. The predicted octanol–water partition coefficient (Wildman–Crippen LogP) is 3.00. The highest BCUT2D eigenvalue weighted by molar-refractivity contribution is 6.18. The first-order valence-electron chi connectivity index (χ1n) is 5.53. The SMILES string of the molecule is CCN(CCCl)C(=O)c1cccc(C)c1C. The molecule has 88 valence electrons. The predicted molar refractivity (Wildman–Crippen MR) is 68.2 cm³/mol. The van der Waals surface area contributed by atoms with E-state index in [1.54, 1.807) is 4.90 Å². The molecule has 0 spiro atoms. The third-order valence-corrected chi connectivity index (χ3v) is 3.03. The molecule has 0 N–H and O–H groups in total. The maximum absolute atomic E-state index is 12.2. The minimum Gasteiger partial charge on any atom is -0.338 e. The molecule has 0 aromatic heterocycles. The molecule has 0 aliphatic rings. The van der Waals surface area contributed by atoms with Crippen LogP contribution in [0.15, 0.2) is 18.2 Å². The van der Waals surface area contributed by atoms with Gasteiger partial charge in [0.25, 0.3) is 5.91 Å². The smallest absolute Gasteiger partial charge is 0.254 e. The van der Waals surface area contributed by atoms with Crippen LogP contribution < -0.4 is 0 Å². The Hall–Kier alpha value is -1.02. The monoisotopic (exact) mass is 239 g/mol. The van der Waals surface area contributed by atoms with Crippen molar-refractivity contribution in [1.29, 1.82) is 0 Å². The Kier molecular flexibility index (Phi) is 4.81. The Balaban J connectivity index is 2.99. The highest BCUT2D eigenvalue weighted by Crippen LogP contribution is 2.15. The van der Waals surface area contributed by atoms with Crippen molar-refractivity contribution in [2.75, 3.05) is 19.0 Å². The number of carbonyl (C=O) groups excluding carboxylic acids is 1. The number of hydrogen-bond donors (Lipinski definition) is 0. The summed E-state index contributed by atoms with van der Waals surface area (Å²) >= 11 is 5.68. The number of halogens is 1. The van der Waals surface area contributed by atoms with Gasteiger partial charge in [0.15, 0.2) is 0 Å². The summed E-state index contributed by atoms with van der Waals surface area (Å²) in [6.07, 6.45) is 0. The van der Waals surface area contributed by atoms with E-state index < -0.39 is 0 Å². The van der Waals surface area contributed by atoms with Crippen LogP contribution in [0.3, 0.4) is 0 Å². The van der Waals surface area contributed by atoms with Gasteiger partial charge in [0, 0.05) is 24.5 Å². The number of aryl methyl sites for hydroxylation is 1. The van der Waals surface area contributed by atoms with Crippen LogP contribution in [0, 0.1) is 13.8 Å². The molecule has 0 saturated heterocycles. The fourth-order valence-corrected chi connectivity index (χ4v) is 1.86. The normalized spacial score (nSPS) is 10.2. The lowest BCUT2D eigenvalue weighted by Gasteiger charge is -2.21. The zero-order chi connectivity index (χ0) is 12.1. The van der Waals surface area contributed by atoms with Crippen molar-refractivity contribution in [3.8, 4) is 0 Å². The first-order chi connectivity index (χ1) is 7.61. The van der Waals surface area contributed by atoms with Gasteiger partial charge in [0.05, 0.1) is 0 Å². The number of amides is 1. The minimum atomic E-state index is 0.0735. The fraction of sp³-hybridized carbons (Fsp3) is 0.462. The van der Waals surface area contributed by atoms with Crippen LogP contribution in [0.25, 0.3) is 0 Å². The van der Waals surface area contributed by atoms with Crippen LogP contribution in [-0.4, -0.2) is 29.8 Å². The zero-order valence-corrected chi connectivity index (χ0v) is 10.8. The Morgan fingerprint density at radius 1 is 1.38 bits per heavy atom. The lowest BCUT2D eigenvalue weighted by atomic mass is 10.0. The molecule has 2 nitrogen and oxygen atoms in total. The van der Waals surface area contributed by atoms with E-state index in [9.17, 15) is 4.79 Å². The number of carbonyl (C=O) groups is 1. The van der Waals surface area contributed by atoms with Crippen LogP contribution in [0.2, 0.25) is 0 Å². The summed E-state index contributed by atoms with van der Waals surface area (Å²) in [5.41, 5.74) is 2.99. The van der Waals surface area contributed by atoms with Gasteiger partial charge in [-0.1, -0.05) is 12.1 Å². The van der Waals surface area contributed by atoms with Crippen molar-refractivity contribution < 1.29 is 4.79 Å². The van der Waals surface area contributed by atoms with E-state index in [0.717, 1.165) is 16.7 Å². The van der Waals surface area contributed by atoms with Gasteiger partial charge in [0.1, 0.15) is 0 Å². The van der Waals surface area contributed by atoms with Crippen molar-refractivity contribution in [1.82, 2.24) is 4.90 Å². The molecule has 0 bridgehead atoms. The maximum atomic E-state index is 12.2. The first-order valence-corrected chi connectivity index (χ1v) is 6.06. The second-order valence-corrected chi connectivity index (χ2v) is 4.20. The standard InChI is InChI=1S/C13H18ClNO/c1-4-15(9-8-14)13(16)12-7-5-6-10(2)11(12)3/h5-7H,4,8-9H2,1-3H3. The highest BCUT2D eigenvalue weighted by Gasteiger charge is 2.15. The van der Waals surface area contributed by atoms with E-state index in [1.165, 1.54) is 0 Å². The van der Waals surface area contributed by atoms with E-state index in [1.807, 2.05) is 39.0 Å². The second-order valence-electron chi connectivity index (χ2n) is 3.82. The van der Waals surface area contributed by atoms with Gasteiger partial charge in [-0.15, -0.1) is 11.6 Å². The quantitative estimate of drug-likeness (QED) is 0.740. The molecule has 0 unspecified atom stereocenters. The molecule has 3 heteroatoms. The van der Waals surface area contributed by atoms with Crippen LogP contribution in [0.1, 0.15) is 28.4 Å². The third-order valence-electron chi connectivity index (χ3n) is 2.86. The van der Waals surface area contributed by atoms with Gasteiger partial charge in [-0.05, 0) is 38.0 Å². The summed E-state index contributed by atoms with van der Waals surface area (Å²) in [4.78, 5) is 14.0. The van der Waals surface area contributed by atoms with E-state index in [-0.39, 0.29) is 5.91 Å². The molecule has 1 aromatic carbocycles. The molecule has 0 atom stereocenters. The molecule has 1 aromatic rings. The number of nitrogens with zero attached hydrogens (tertiary/aromatic N) is 1. The summed E-state index contributed by atoms with van der Waals surface area (Å²) in [6, 6.07) is 5.82. The van der Waals surface area contributed by atoms with Crippen molar-refractivity contribution in [2.45, 2.75) is 20.8 Å². The van der Waals surface area contributed by atoms with Gasteiger partial charge in [0.2, 0.25) is 0 Å². The summed E-state index contributed by atoms with van der Waals surface area (Å²) in [5.74, 6) is 0.550. The fourth-order valence-electron chi connectivity index (χ4n) is 1.66. The van der Waals surface area contributed by atoms with Gasteiger partial charge < -0.3 is 4.90 Å². The summed E-state index contributed by atoms with van der Waals surface area (Å²) in [5, 5.41) is 0. The summed E-state index contributed by atoms with van der Waals surface area (Å²) < 4.78 is 0. The first kappa shape index (κ1) is 13.0. The van der Waals surface area contributed by atoms with Crippen molar-refractivity contribution in [3.05, 3.63) is 34.9 Å². The van der Waals surface area contributed by atoms with Gasteiger partial charge in [-0.25, -0.2) is 0 Å². The molecule has 0 aliphatic heterocycles. The summed E-state index contributed by atoms with van der Waals surface area (Å²) in [7, 11) is 0. The van der Waals surface area contributed by atoms with Crippen molar-refractivity contribution in [2.24, 2.45) is 0 Å². The van der Waals surface area contributed by atoms with Crippen LogP contribution in [0.4, 0.5) is 0 Å². The Morgan fingerprint density at radius 2 is 2.06 bits per heavy atom. The second kappa shape index (κ2) is 5.90. The van der Waals surface area contributed by atoms with Crippen LogP contribution >= 0.6 is 11.6 Å². The number of benzene rings is 1. The van der Waals surface area contributed by atoms with Crippen molar-refractivity contribution in [3.63, 3.8) is 0 Å². The molecular formula is C13H18ClNO. The Bertz CT molecular complexity index is 376. The van der Waals surface area contributed by atoms with Crippen molar-refractivity contribution >= 4 is 17.5 Å². The van der Waals surface area contributed by atoms with Gasteiger partial charge in [-0.2, -0.15) is 0 Å². The number of hydrogen-bond acceptors (Lipinski definition) is 1. The third kappa shape index (κ3) is 2.76. The Morgan fingerprint density at radius 3 is 2.62 bits per heavy atom. The average molecular weight is 240 g/mol. The highest BCUT2D eigenvalue weighted by atomic mass is 35.5. The van der Waals surface area contributed by atoms with E-state index >= 15 is 0 Å². The van der Waals surface area contributed by atoms with Gasteiger partial charge >= 0.3 is 0 Å². The molecule has 1 rings (SSSR count). The van der Waals surface area contributed by atoms with E-state index in [0.29, 0.717) is 19.0 Å². The van der Waals surface area contributed by atoms with Crippen LogP contribution in [0.5, 0.6) is 0 Å². The van der Waals surface area contributed by atoms with Gasteiger partial charge in [-0.3, -0.25) is 4.79 Å². The molecular weight excluding hydrogens is 222 g/mol. The molecule has 16 heavy (non-hydrogen) atoms. The largest absolute Gasteiger partial charge is 0.338 e. The van der Waals surface area contributed by atoms with E-state index in [2.05, 4.69) is 0 Å². The molecule has 0 heterocycles. The van der Waals surface area contributed by atoms with Crippen LogP contribution in [-0.2, 0) is 0 Å². The number of rotatable bonds is 4.